The zero-order valence-electron chi connectivity index (χ0n) is 16.7. The topological polar surface area (TPSA) is 86.8 Å². The first-order chi connectivity index (χ1) is 13.8. The number of fused-ring (bicyclic) bond motifs is 1. The number of aryl methyl sites for hydroxylation is 1. The summed E-state index contributed by atoms with van der Waals surface area (Å²) in [5.74, 6) is -1.03. The van der Waals surface area contributed by atoms with Gasteiger partial charge in [-0.2, -0.15) is 0 Å². The first kappa shape index (κ1) is 20.3. The van der Waals surface area contributed by atoms with Gasteiger partial charge in [-0.1, -0.05) is 23.8 Å². The van der Waals surface area contributed by atoms with Crippen LogP contribution in [0.2, 0.25) is 0 Å². The van der Waals surface area contributed by atoms with Crippen LogP contribution in [0.1, 0.15) is 38.3 Å². The average Bonchev–Trinajstić information content (AvgIpc) is 2.91. The summed E-state index contributed by atoms with van der Waals surface area (Å²) in [5, 5.41) is 2.75. The normalized spacial score (nSPS) is 12.7. The molecule has 29 heavy (non-hydrogen) atoms. The molecule has 2 aromatic carbocycles. The minimum absolute atomic E-state index is 0.00192. The van der Waals surface area contributed by atoms with E-state index in [2.05, 4.69) is 5.32 Å². The highest BCUT2D eigenvalue weighted by Crippen LogP contribution is 2.24. The summed E-state index contributed by atoms with van der Waals surface area (Å²) < 4.78 is 0. The second-order valence-corrected chi connectivity index (χ2v) is 7.27. The Labute approximate surface area is 169 Å². The number of nitrogens with one attached hydrogen (secondary N) is 1. The van der Waals surface area contributed by atoms with Crippen molar-refractivity contribution in [2.24, 2.45) is 0 Å². The zero-order chi connectivity index (χ0) is 21.1. The quantitative estimate of drug-likeness (QED) is 0.763. The molecule has 0 radical (unpaired) electrons. The summed E-state index contributed by atoms with van der Waals surface area (Å²) in [6.07, 6.45) is 0.297. The highest BCUT2D eigenvalue weighted by atomic mass is 16.2. The molecule has 1 aliphatic heterocycles. The fourth-order valence-electron chi connectivity index (χ4n) is 3.08. The second kappa shape index (κ2) is 8.26. The third-order valence-corrected chi connectivity index (χ3v) is 4.78. The number of hydrogen-bond acceptors (Lipinski definition) is 4. The van der Waals surface area contributed by atoms with Gasteiger partial charge >= 0.3 is 0 Å². The van der Waals surface area contributed by atoms with Crippen LogP contribution in [0, 0.1) is 6.92 Å². The van der Waals surface area contributed by atoms with Gasteiger partial charge in [0.15, 0.2) is 0 Å². The lowest BCUT2D eigenvalue weighted by Gasteiger charge is -2.14. The molecule has 0 spiro atoms. The molecule has 0 saturated heterocycles. The molecule has 0 unspecified atom stereocenters. The van der Waals surface area contributed by atoms with Crippen LogP contribution in [0.25, 0.3) is 0 Å². The van der Waals surface area contributed by atoms with Gasteiger partial charge in [-0.15, -0.1) is 0 Å². The number of carbonyl (C=O) groups excluding carboxylic acids is 4. The van der Waals surface area contributed by atoms with Gasteiger partial charge in [0, 0.05) is 32.7 Å². The molecule has 0 saturated carbocycles. The number of anilines is 1. The molecule has 0 atom stereocenters. The van der Waals surface area contributed by atoms with Crippen LogP contribution >= 0.6 is 0 Å². The first-order valence-electron chi connectivity index (χ1n) is 9.32. The number of benzene rings is 2. The maximum Gasteiger partial charge on any atom is 0.261 e. The molecule has 4 amide bonds. The Kier molecular flexibility index (Phi) is 5.77. The number of hydrogen-bond donors (Lipinski definition) is 1. The minimum Gasteiger partial charge on any atom is -0.349 e. The first-order valence-corrected chi connectivity index (χ1v) is 9.32. The lowest BCUT2D eigenvalue weighted by Crippen LogP contribution is -2.32. The Morgan fingerprint density at radius 3 is 2.28 bits per heavy atom. The SMILES string of the molecule is Cc1ccc2c(c1)C(=O)N(CCC(=O)Nc1ccc(CC(=O)N(C)C)cc1)C2=O. The van der Waals surface area contributed by atoms with Crippen molar-refractivity contribution >= 4 is 29.3 Å². The lowest BCUT2D eigenvalue weighted by atomic mass is 10.1. The van der Waals surface area contributed by atoms with Gasteiger partial charge in [0.05, 0.1) is 17.5 Å². The highest BCUT2D eigenvalue weighted by Gasteiger charge is 2.35. The summed E-state index contributed by atoms with van der Waals surface area (Å²) in [6, 6.07) is 12.1. The van der Waals surface area contributed by atoms with Crippen LogP contribution in [0.4, 0.5) is 5.69 Å². The van der Waals surface area contributed by atoms with Gasteiger partial charge in [0.25, 0.3) is 11.8 Å². The minimum atomic E-state index is -0.368. The van der Waals surface area contributed by atoms with Crippen LogP contribution in [0.3, 0.4) is 0 Å². The predicted molar refractivity (Wildman–Crippen MR) is 109 cm³/mol. The summed E-state index contributed by atoms with van der Waals surface area (Å²) in [6.45, 7) is 1.88. The predicted octanol–water partition coefficient (Wildman–Crippen LogP) is 2.25. The molecule has 2 aromatic rings. The van der Waals surface area contributed by atoms with Gasteiger partial charge in [-0.25, -0.2) is 0 Å². The number of carbonyl (C=O) groups is 4. The van der Waals surface area contributed by atoms with E-state index < -0.39 is 0 Å². The summed E-state index contributed by atoms with van der Waals surface area (Å²) >= 11 is 0. The van der Waals surface area contributed by atoms with Crippen LogP contribution in [0.5, 0.6) is 0 Å². The van der Waals surface area contributed by atoms with Crippen molar-refractivity contribution in [2.75, 3.05) is 26.0 Å². The molecule has 1 N–H and O–H groups in total. The monoisotopic (exact) mass is 393 g/mol. The van der Waals surface area contributed by atoms with E-state index in [0.717, 1.165) is 16.0 Å². The third-order valence-electron chi connectivity index (χ3n) is 4.78. The van der Waals surface area contributed by atoms with Crippen LogP contribution < -0.4 is 5.32 Å². The van der Waals surface area contributed by atoms with Gasteiger partial charge in [-0.3, -0.25) is 24.1 Å². The van der Waals surface area contributed by atoms with Crippen molar-refractivity contribution < 1.29 is 19.2 Å². The van der Waals surface area contributed by atoms with Crippen molar-refractivity contribution in [2.45, 2.75) is 19.8 Å². The fourth-order valence-corrected chi connectivity index (χ4v) is 3.08. The molecule has 150 valence electrons. The van der Waals surface area contributed by atoms with Gasteiger partial charge in [0.2, 0.25) is 11.8 Å². The molecular formula is C22H23N3O4. The van der Waals surface area contributed by atoms with Gasteiger partial charge < -0.3 is 10.2 Å². The van der Waals surface area contributed by atoms with Crippen molar-refractivity contribution in [3.05, 3.63) is 64.7 Å². The Hall–Kier alpha value is -3.48. The van der Waals surface area contributed by atoms with Crippen molar-refractivity contribution in [1.82, 2.24) is 9.80 Å². The maximum atomic E-state index is 12.4. The van der Waals surface area contributed by atoms with Gasteiger partial charge in [-0.05, 0) is 36.8 Å². The molecule has 0 aliphatic carbocycles. The van der Waals surface area contributed by atoms with Crippen LogP contribution in [-0.4, -0.2) is 54.1 Å². The third kappa shape index (κ3) is 4.51. The van der Waals surface area contributed by atoms with Crippen LogP contribution in [-0.2, 0) is 16.0 Å². The van der Waals surface area contributed by atoms with E-state index in [-0.39, 0.29) is 36.6 Å². The van der Waals surface area contributed by atoms with E-state index in [4.69, 9.17) is 0 Å². The molecular weight excluding hydrogens is 370 g/mol. The van der Waals surface area contributed by atoms with Crippen molar-refractivity contribution in [3.63, 3.8) is 0 Å². The Bertz CT molecular complexity index is 980. The summed E-state index contributed by atoms with van der Waals surface area (Å²) in [5.41, 5.74) is 3.11. The standard InChI is InChI=1S/C22H23N3O4/c1-14-4-9-17-18(12-14)22(29)25(21(17)28)11-10-19(26)23-16-7-5-15(6-8-16)13-20(27)24(2)3/h4-9,12H,10-11,13H2,1-3H3,(H,23,26). The number of nitrogens with zero attached hydrogens (tertiary/aromatic N) is 2. The smallest absolute Gasteiger partial charge is 0.261 e. The number of rotatable bonds is 6. The summed E-state index contributed by atoms with van der Waals surface area (Å²) in [7, 11) is 3.40. The molecule has 1 aliphatic rings. The van der Waals surface area contributed by atoms with E-state index in [9.17, 15) is 19.2 Å². The maximum absolute atomic E-state index is 12.4. The molecule has 3 rings (SSSR count). The molecule has 7 heteroatoms. The number of likely N-dealkylation sites (N-methyl/N-ethyl adjacent to an activating group) is 1. The Morgan fingerprint density at radius 2 is 1.62 bits per heavy atom. The molecule has 0 bridgehead atoms. The number of imide groups is 1. The van der Waals surface area contributed by atoms with E-state index in [0.29, 0.717) is 23.2 Å². The van der Waals surface area contributed by atoms with E-state index in [1.807, 2.05) is 6.92 Å². The summed E-state index contributed by atoms with van der Waals surface area (Å²) in [4.78, 5) is 51.5. The molecule has 1 heterocycles. The molecule has 0 fully saturated rings. The van der Waals surface area contributed by atoms with E-state index >= 15 is 0 Å². The molecule has 7 nitrogen and oxygen atoms in total. The van der Waals surface area contributed by atoms with Gasteiger partial charge in [0.1, 0.15) is 0 Å². The Balaban J connectivity index is 1.55. The van der Waals surface area contributed by atoms with Crippen LogP contribution in [0.15, 0.2) is 42.5 Å². The zero-order valence-corrected chi connectivity index (χ0v) is 16.7. The average molecular weight is 393 g/mol. The van der Waals surface area contributed by atoms with Crippen molar-refractivity contribution in [1.29, 1.82) is 0 Å². The van der Waals surface area contributed by atoms with E-state index in [1.54, 1.807) is 56.6 Å². The number of amides is 4. The second-order valence-electron chi connectivity index (χ2n) is 7.27. The van der Waals surface area contributed by atoms with Crippen molar-refractivity contribution in [3.8, 4) is 0 Å². The lowest BCUT2D eigenvalue weighted by molar-refractivity contribution is -0.128. The highest BCUT2D eigenvalue weighted by molar-refractivity contribution is 6.21. The Morgan fingerprint density at radius 1 is 0.966 bits per heavy atom. The van der Waals surface area contributed by atoms with E-state index in [1.165, 1.54) is 4.90 Å². The largest absolute Gasteiger partial charge is 0.349 e. The molecule has 0 aromatic heterocycles. The fraction of sp³-hybridized carbons (Fsp3) is 0.273.